The summed E-state index contributed by atoms with van der Waals surface area (Å²) in [6, 6.07) is 3.21. The first-order chi connectivity index (χ1) is 8.74. The molecule has 0 bridgehead atoms. The van der Waals surface area contributed by atoms with E-state index < -0.39 is 24.4 Å². The largest absolute Gasteiger partial charge is 0.406 e. The highest BCUT2D eigenvalue weighted by Crippen LogP contribution is 2.22. The second kappa shape index (κ2) is 6.69. The molecule has 1 amide bonds. The van der Waals surface area contributed by atoms with Crippen molar-refractivity contribution in [2.45, 2.75) is 6.18 Å². The highest BCUT2D eigenvalue weighted by Gasteiger charge is 2.33. The van der Waals surface area contributed by atoms with Gasteiger partial charge in [-0.25, -0.2) is 4.39 Å². The van der Waals surface area contributed by atoms with Crippen LogP contribution in [0.2, 0.25) is 0 Å². The van der Waals surface area contributed by atoms with Crippen molar-refractivity contribution in [3.8, 4) is 0 Å². The van der Waals surface area contributed by atoms with E-state index in [1.54, 1.807) is 0 Å². The van der Waals surface area contributed by atoms with E-state index in [9.17, 15) is 22.4 Å². The monoisotopic (exact) mass is 405 g/mol. The molecule has 0 fully saturated rings. The zero-order valence-corrected chi connectivity index (χ0v) is 12.6. The summed E-state index contributed by atoms with van der Waals surface area (Å²) in [4.78, 5) is 12.7. The van der Waals surface area contributed by atoms with Crippen LogP contribution >= 0.6 is 31.9 Å². The first kappa shape index (κ1) is 16.4. The number of carbonyl (C=O) groups excluding carboxylic acids is 1. The maximum Gasteiger partial charge on any atom is 0.406 e. The molecule has 0 aromatic heterocycles. The summed E-state index contributed by atoms with van der Waals surface area (Å²) >= 11 is 5.96. The molecule has 2 nitrogen and oxygen atoms in total. The maximum atomic E-state index is 12.9. The van der Waals surface area contributed by atoms with Crippen LogP contribution in [0.4, 0.5) is 17.6 Å². The molecule has 0 aliphatic rings. The fraction of sp³-hybridized carbons (Fsp3) is 0.364. The third-order valence-corrected chi connectivity index (χ3v) is 3.18. The van der Waals surface area contributed by atoms with Gasteiger partial charge in [-0.2, -0.15) is 13.2 Å². The Morgan fingerprint density at radius 1 is 1.32 bits per heavy atom. The summed E-state index contributed by atoms with van der Waals surface area (Å²) in [5.74, 6) is -1.38. The van der Waals surface area contributed by atoms with Gasteiger partial charge in [-0.15, -0.1) is 0 Å². The lowest BCUT2D eigenvalue weighted by Crippen LogP contribution is -2.40. The minimum absolute atomic E-state index is 0.00778. The first-order valence-corrected chi connectivity index (χ1v) is 7.03. The van der Waals surface area contributed by atoms with Gasteiger partial charge in [0.15, 0.2) is 0 Å². The molecule has 0 radical (unpaired) electrons. The van der Waals surface area contributed by atoms with Crippen LogP contribution in [0.25, 0.3) is 0 Å². The molecule has 1 aromatic rings. The van der Waals surface area contributed by atoms with Gasteiger partial charge in [0.2, 0.25) is 0 Å². The molecule has 0 N–H and O–H groups in total. The molecule has 0 unspecified atom stereocenters. The van der Waals surface area contributed by atoms with Crippen molar-refractivity contribution in [3.05, 3.63) is 34.1 Å². The molecule has 1 rings (SSSR count). The van der Waals surface area contributed by atoms with E-state index in [4.69, 9.17) is 0 Å². The summed E-state index contributed by atoms with van der Waals surface area (Å²) in [5, 5.41) is 0.216. The van der Waals surface area contributed by atoms with Crippen LogP contribution in [0.3, 0.4) is 0 Å². The van der Waals surface area contributed by atoms with Crippen LogP contribution in [-0.4, -0.2) is 35.4 Å². The Balaban J connectivity index is 2.99. The second-order valence-corrected chi connectivity index (χ2v) is 5.30. The summed E-state index contributed by atoms with van der Waals surface area (Å²) in [5.41, 5.74) is -0.00778. The fourth-order valence-corrected chi connectivity index (χ4v) is 2.35. The van der Waals surface area contributed by atoms with E-state index >= 15 is 0 Å². The van der Waals surface area contributed by atoms with E-state index in [0.717, 1.165) is 18.2 Å². The minimum atomic E-state index is -4.48. The first-order valence-electron chi connectivity index (χ1n) is 5.11. The Hall–Kier alpha value is -0.630. The van der Waals surface area contributed by atoms with Gasteiger partial charge >= 0.3 is 6.18 Å². The molecule has 0 heterocycles. The molecule has 0 saturated carbocycles. The lowest BCUT2D eigenvalue weighted by Gasteiger charge is -2.23. The summed E-state index contributed by atoms with van der Waals surface area (Å²) in [6.45, 7) is -1.44. The van der Waals surface area contributed by atoms with E-state index in [-0.39, 0.29) is 21.9 Å². The highest BCUT2D eigenvalue weighted by atomic mass is 79.9. The molecular weight excluding hydrogens is 398 g/mol. The molecule has 0 saturated heterocycles. The third-order valence-electron chi connectivity index (χ3n) is 2.17. The number of alkyl halides is 4. The Labute approximate surface area is 124 Å². The second-order valence-electron chi connectivity index (χ2n) is 3.66. The number of benzene rings is 1. The quantitative estimate of drug-likeness (QED) is 0.547. The number of amides is 1. The van der Waals surface area contributed by atoms with Crippen molar-refractivity contribution in [1.29, 1.82) is 0 Å². The number of hydrogen-bond donors (Lipinski definition) is 0. The Morgan fingerprint density at radius 2 is 1.95 bits per heavy atom. The smallest absolute Gasteiger partial charge is 0.329 e. The summed E-state index contributed by atoms with van der Waals surface area (Å²) in [6.07, 6.45) is -4.48. The fourth-order valence-electron chi connectivity index (χ4n) is 1.40. The molecular formula is C11H9Br2F4NO. The number of carbonyl (C=O) groups is 1. The number of hydrogen-bond acceptors (Lipinski definition) is 1. The lowest BCUT2D eigenvalue weighted by molar-refractivity contribution is -0.140. The van der Waals surface area contributed by atoms with Gasteiger partial charge in [0.1, 0.15) is 12.4 Å². The average Bonchev–Trinajstić information content (AvgIpc) is 2.26. The van der Waals surface area contributed by atoms with E-state index in [1.165, 1.54) is 0 Å². The van der Waals surface area contributed by atoms with E-state index in [0.29, 0.717) is 4.90 Å². The normalized spacial score (nSPS) is 11.5. The maximum absolute atomic E-state index is 12.9. The van der Waals surface area contributed by atoms with Crippen molar-refractivity contribution in [1.82, 2.24) is 4.90 Å². The van der Waals surface area contributed by atoms with Crippen LogP contribution in [0.1, 0.15) is 10.4 Å². The predicted molar refractivity (Wildman–Crippen MR) is 69.9 cm³/mol. The lowest BCUT2D eigenvalue weighted by atomic mass is 10.2. The number of rotatable bonds is 4. The van der Waals surface area contributed by atoms with Crippen molar-refractivity contribution in [2.24, 2.45) is 0 Å². The average molecular weight is 407 g/mol. The summed E-state index contributed by atoms with van der Waals surface area (Å²) in [7, 11) is 0. The molecule has 0 atom stereocenters. The standard InChI is InChI=1S/C11H9Br2F4NO/c12-3-4-18(6-11(15,16)17)10(19)8-2-1-7(14)5-9(8)13/h1-2,5H,3-4,6H2. The van der Waals surface area contributed by atoms with Crippen LogP contribution in [0.5, 0.6) is 0 Å². The zero-order valence-electron chi connectivity index (χ0n) is 9.48. The molecule has 19 heavy (non-hydrogen) atoms. The number of halogens is 6. The Morgan fingerprint density at radius 3 is 2.42 bits per heavy atom. The van der Waals surface area contributed by atoms with Crippen molar-refractivity contribution < 1.29 is 22.4 Å². The van der Waals surface area contributed by atoms with Gasteiger partial charge in [-0.3, -0.25) is 4.79 Å². The van der Waals surface area contributed by atoms with Crippen molar-refractivity contribution >= 4 is 37.8 Å². The molecule has 0 aliphatic carbocycles. The van der Waals surface area contributed by atoms with Crippen LogP contribution in [0.15, 0.2) is 22.7 Å². The van der Waals surface area contributed by atoms with Gasteiger partial charge in [-0.1, -0.05) is 15.9 Å². The van der Waals surface area contributed by atoms with E-state index in [2.05, 4.69) is 31.9 Å². The van der Waals surface area contributed by atoms with Gasteiger partial charge in [0.25, 0.3) is 5.91 Å². The topological polar surface area (TPSA) is 20.3 Å². The molecule has 1 aromatic carbocycles. The van der Waals surface area contributed by atoms with Crippen LogP contribution in [0, 0.1) is 5.82 Å². The predicted octanol–water partition coefficient (Wildman–Crippen LogP) is 3.99. The van der Waals surface area contributed by atoms with Gasteiger partial charge in [0.05, 0.1) is 5.56 Å². The van der Waals surface area contributed by atoms with Crippen molar-refractivity contribution in [2.75, 3.05) is 18.4 Å². The molecule has 106 valence electrons. The molecule has 8 heteroatoms. The van der Waals surface area contributed by atoms with Gasteiger partial charge in [0, 0.05) is 16.3 Å². The zero-order chi connectivity index (χ0) is 14.6. The SMILES string of the molecule is O=C(c1ccc(F)cc1Br)N(CCBr)CC(F)(F)F. The van der Waals surface area contributed by atoms with Gasteiger partial charge in [-0.05, 0) is 34.1 Å². The van der Waals surface area contributed by atoms with Crippen molar-refractivity contribution in [3.63, 3.8) is 0 Å². The van der Waals surface area contributed by atoms with Gasteiger partial charge < -0.3 is 4.90 Å². The molecule has 0 spiro atoms. The highest BCUT2D eigenvalue weighted by molar-refractivity contribution is 9.10. The third kappa shape index (κ3) is 5.10. The molecule has 0 aliphatic heterocycles. The van der Waals surface area contributed by atoms with Crippen LogP contribution < -0.4 is 0 Å². The Bertz CT molecular complexity index is 464. The van der Waals surface area contributed by atoms with E-state index in [1.807, 2.05) is 0 Å². The van der Waals surface area contributed by atoms with Crippen LogP contribution in [-0.2, 0) is 0 Å². The Kier molecular flexibility index (Phi) is 5.79. The summed E-state index contributed by atoms with van der Waals surface area (Å²) < 4.78 is 50.2. The minimum Gasteiger partial charge on any atom is -0.329 e. The number of nitrogens with zero attached hydrogens (tertiary/aromatic N) is 1.